The lowest BCUT2D eigenvalue weighted by molar-refractivity contribution is -0.605. The van der Waals surface area contributed by atoms with Crippen LogP contribution in [0, 0.1) is 5.21 Å². The highest BCUT2D eigenvalue weighted by molar-refractivity contribution is 7.92. The minimum Gasteiger partial charge on any atom is -0.619 e. The average Bonchev–Trinajstić information content (AvgIpc) is 2.54. The topological polar surface area (TPSA) is 116 Å². The number of ether oxygens (including phenoxy) is 1. The van der Waals surface area contributed by atoms with Crippen molar-refractivity contribution in [2.75, 3.05) is 11.0 Å². The number of nitrogens with one attached hydrogen (secondary N) is 1. The molecule has 0 unspecified atom stereocenters. The maximum absolute atomic E-state index is 12.3. The van der Waals surface area contributed by atoms with Gasteiger partial charge >= 0.3 is 5.97 Å². The highest BCUT2D eigenvalue weighted by atomic mass is 32.2. The molecule has 1 N–H and O–H groups in total. The first kappa shape index (κ1) is 18.4. The van der Waals surface area contributed by atoms with Gasteiger partial charge in [0.05, 0.1) is 11.8 Å². The van der Waals surface area contributed by atoms with Crippen molar-refractivity contribution in [2.45, 2.75) is 13.0 Å². The molecule has 0 bridgehead atoms. The van der Waals surface area contributed by atoms with Gasteiger partial charge in [-0.1, -0.05) is 0 Å². The summed E-state index contributed by atoms with van der Waals surface area (Å²) in [7, 11) is -3.40. The number of pyridine rings is 1. The van der Waals surface area contributed by atoms with Crippen LogP contribution in [0.25, 0.3) is 0 Å². The van der Waals surface area contributed by atoms with Gasteiger partial charge in [-0.25, -0.2) is 13.2 Å². The quantitative estimate of drug-likeness (QED) is 0.355. The number of ketones is 1. The maximum Gasteiger partial charge on any atom is 0.339 e. The fraction of sp³-hybridized carbons (Fsp3) is 0.188. The second-order valence-corrected chi connectivity index (χ2v) is 7.06. The molecule has 2 aromatic rings. The van der Waals surface area contributed by atoms with E-state index in [-0.39, 0.29) is 11.1 Å². The lowest BCUT2D eigenvalue weighted by atomic mass is 10.1. The zero-order chi connectivity index (χ0) is 18.6. The Kier molecular flexibility index (Phi) is 5.38. The summed E-state index contributed by atoms with van der Waals surface area (Å²) in [6.07, 6.45) is 2.28. The number of benzene rings is 1. The molecule has 8 nitrogen and oxygen atoms in total. The maximum atomic E-state index is 12.3. The van der Waals surface area contributed by atoms with E-state index < -0.39 is 27.9 Å². The number of hydrogen-bond acceptors (Lipinski definition) is 6. The van der Waals surface area contributed by atoms with Gasteiger partial charge < -0.3 is 9.94 Å². The number of carbonyl (C=O) groups is 2. The number of esters is 1. The van der Waals surface area contributed by atoms with Crippen LogP contribution in [0.15, 0.2) is 48.8 Å². The molecule has 0 aliphatic heterocycles. The molecule has 0 spiro atoms. The molecule has 9 heteroatoms. The van der Waals surface area contributed by atoms with Crippen molar-refractivity contribution in [3.63, 3.8) is 0 Å². The van der Waals surface area contributed by atoms with Crippen LogP contribution in [-0.2, 0) is 14.8 Å². The molecule has 1 heterocycles. The van der Waals surface area contributed by atoms with Crippen molar-refractivity contribution in [2.24, 2.45) is 0 Å². The van der Waals surface area contributed by atoms with Crippen LogP contribution in [0.3, 0.4) is 0 Å². The zero-order valence-electron chi connectivity index (χ0n) is 13.5. The Labute approximate surface area is 144 Å². The van der Waals surface area contributed by atoms with Crippen LogP contribution in [0.5, 0.6) is 0 Å². The summed E-state index contributed by atoms with van der Waals surface area (Å²) >= 11 is 0. The lowest BCUT2D eigenvalue weighted by Crippen LogP contribution is -2.27. The van der Waals surface area contributed by atoms with Crippen molar-refractivity contribution in [1.29, 1.82) is 0 Å². The Hall–Kier alpha value is -2.94. The largest absolute Gasteiger partial charge is 0.619 e. The van der Waals surface area contributed by atoms with E-state index in [4.69, 9.17) is 4.74 Å². The van der Waals surface area contributed by atoms with E-state index in [1.54, 1.807) is 0 Å². The van der Waals surface area contributed by atoms with Gasteiger partial charge in [-0.15, -0.1) is 0 Å². The minimum atomic E-state index is -3.40. The van der Waals surface area contributed by atoms with Gasteiger partial charge in [0.25, 0.3) is 0 Å². The molecule has 132 valence electrons. The number of sulfonamides is 1. The van der Waals surface area contributed by atoms with E-state index in [0.29, 0.717) is 10.4 Å². The molecular weight excluding hydrogens is 348 g/mol. The number of Topliss-reactive ketones (excluding diaryl/α,β-unsaturated/α-hetero) is 1. The highest BCUT2D eigenvalue weighted by Crippen LogP contribution is 2.14. The SMILES string of the molecule is C[C@@H](OC(=O)c1cc[n+]([O-])cc1)C(=O)c1ccc(NS(C)(=O)=O)cc1. The number of carbonyl (C=O) groups excluding carboxylic acids is 2. The predicted molar refractivity (Wildman–Crippen MR) is 89.5 cm³/mol. The molecular formula is C16H16N2O6S. The van der Waals surface area contributed by atoms with Crippen LogP contribution < -0.4 is 9.45 Å². The van der Waals surface area contributed by atoms with Crippen molar-refractivity contribution >= 4 is 27.5 Å². The molecule has 1 aromatic heterocycles. The first-order valence-electron chi connectivity index (χ1n) is 7.17. The van der Waals surface area contributed by atoms with E-state index in [0.717, 1.165) is 18.6 Å². The number of hydrogen-bond donors (Lipinski definition) is 1. The first-order chi connectivity index (χ1) is 11.7. The highest BCUT2D eigenvalue weighted by Gasteiger charge is 2.21. The van der Waals surface area contributed by atoms with Crippen molar-refractivity contribution in [3.05, 3.63) is 65.1 Å². The predicted octanol–water partition coefficient (Wildman–Crippen LogP) is 1.12. The molecule has 0 aliphatic carbocycles. The summed E-state index contributed by atoms with van der Waals surface area (Å²) in [6.45, 7) is 1.43. The van der Waals surface area contributed by atoms with E-state index in [9.17, 15) is 23.2 Å². The average molecular weight is 364 g/mol. The smallest absolute Gasteiger partial charge is 0.339 e. The first-order valence-corrected chi connectivity index (χ1v) is 9.07. The number of aromatic nitrogens is 1. The second kappa shape index (κ2) is 7.31. The summed E-state index contributed by atoms with van der Waals surface area (Å²) in [5.74, 6) is -1.16. The van der Waals surface area contributed by atoms with Crippen molar-refractivity contribution in [1.82, 2.24) is 0 Å². The van der Waals surface area contributed by atoms with Crippen LogP contribution in [0.4, 0.5) is 5.69 Å². The molecule has 0 saturated heterocycles. The lowest BCUT2D eigenvalue weighted by Gasteiger charge is -2.12. The molecule has 1 aromatic carbocycles. The Balaban J connectivity index is 2.04. The van der Waals surface area contributed by atoms with Crippen LogP contribution in [-0.4, -0.2) is 32.5 Å². The van der Waals surface area contributed by atoms with Gasteiger partial charge in [0.2, 0.25) is 15.8 Å². The molecule has 0 radical (unpaired) electrons. The normalized spacial score (nSPS) is 12.2. The molecule has 0 amide bonds. The summed E-state index contributed by atoms with van der Waals surface area (Å²) in [4.78, 5) is 24.2. The third-order valence-corrected chi connectivity index (χ3v) is 3.77. The van der Waals surface area contributed by atoms with Crippen LogP contribution in [0.1, 0.15) is 27.6 Å². The molecule has 1 atom stereocenters. The fourth-order valence-electron chi connectivity index (χ4n) is 1.98. The Morgan fingerprint density at radius 1 is 1.08 bits per heavy atom. The number of rotatable bonds is 6. The van der Waals surface area contributed by atoms with Gasteiger partial charge in [-0.2, -0.15) is 4.73 Å². The van der Waals surface area contributed by atoms with Crippen molar-refractivity contribution < 1.29 is 27.5 Å². The van der Waals surface area contributed by atoms with Gasteiger partial charge in [0.15, 0.2) is 18.5 Å². The number of nitrogens with zero attached hydrogens (tertiary/aromatic N) is 1. The fourth-order valence-corrected chi connectivity index (χ4v) is 2.55. The summed E-state index contributed by atoms with van der Waals surface area (Å²) in [6, 6.07) is 8.32. The summed E-state index contributed by atoms with van der Waals surface area (Å²) in [5, 5.41) is 10.9. The van der Waals surface area contributed by atoms with E-state index in [1.165, 1.54) is 43.3 Å². The monoisotopic (exact) mass is 364 g/mol. The molecule has 2 rings (SSSR count). The standard InChI is InChI=1S/C16H16N2O6S/c1-11(24-16(20)13-7-9-18(21)10-8-13)15(19)12-3-5-14(6-4-12)17-25(2,22)23/h3-11,17H,1-2H3/t11-/m1/s1. The molecule has 25 heavy (non-hydrogen) atoms. The Morgan fingerprint density at radius 2 is 1.64 bits per heavy atom. The van der Waals surface area contributed by atoms with Crippen molar-refractivity contribution in [3.8, 4) is 0 Å². The zero-order valence-corrected chi connectivity index (χ0v) is 14.3. The van der Waals surface area contributed by atoms with E-state index >= 15 is 0 Å². The second-order valence-electron chi connectivity index (χ2n) is 5.31. The van der Waals surface area contributed by atoms with Crippen LogP contribution in [0.2, 0.25) is 0 Å². The van der Waals surface area contributed by atoms with Crippen LogP contribution >= 0.6 is 0 Å². The van der Waals surface area contributed by atoms with Gasteiger partial charge in [0, 0.05) is 23.4 Å². The molecule has 0 aliphatic rings. The number of anilines is 1. The minimum absolute atomic E-state index is 0.152. The van der Waals surface area contributed by atoms with E-state index in [1.807, 2.05) is 0 Å². The third-order valence-electron chi connectivity index (χ3n) is 3.16. The third kappa shape index (κ3) is 5.28. The van der Waals surface area contributed by atoms with Gasteiger partial charge in [-0.3, -0.25) is 9.52 Å². The van der Waals surface area contributed by atoms with E-state index in [2.05, 4.69) is 4.72 Å². The van der Waals surface area contributed by atoms with Gasteiger partial charge in [-0.05, 0) is 31.2 Å². The summed E-state index contributed by atoms with van der Waals surface area (Å²) < 4.78 is 30.2. The molecule has 0 fully saturated rings. The Morgan fingerprint density at radius 3 is 2.16 bits per heavy atom. The molecule has 0 saturated carbocycles. The summed E-state index contributed by atoms with van der Waals surface area (Å²) in [5.41, 5.74) is 0.739. The Bertz CT molecular complexity index is 876. The van der Waals surface area contributed by atoms with Gasteiger partial charge in [0.1, 0.15) is 0 Å².